The normalized spacial score (nSPS) is 19.2. The van der Waals surface area contributed by atoms with Gasteiger partial charge in [0, 0.05) is 6.54 Å². The smallest absolute Gasteiger partial charge is 0.0761 e. The largest absolute Gasteiger partial charge is 0.389 e. The summed E-state index contributed by atoms with van der Waals surface area (Å²) in [5, 5.41) is 9.44. The molecule has 2 heteroatoms. The van der Waals surface area contributed by atoms with Gasteiger partial charge in [-0.05, 0) is 50.4 Å². The Hall–Kier alpha value is -0.860. The van der Waals surface area contributed by atoms with E-state index in [0.29, 0.717) is 0 Å². The predicted octanol–water partition coefficient (Wildman–Crippen LogP) is 2.77. The molecule has 0 radical (unpaired) electrons. The van der Waals surface area contributed by atoms with Crippen LogP contribution in [0.3, 0.4) is 0 Å². The van der Waals surface area contributed by atoms with Crippen LogP contribution in [-0.2, 0) is 6.42 Å². The van der Waals surface area contributed by atoms with Crippen molar-refractivity contribution in [2.75, 3.05) is 19.6 Å². The number of aliphatic hydroxyl groups excluding tert-OH is 1. The van der Waals surface area contributed by atoms with Crippen molar-refractivity contribution in [2.24, 2.45) is 0 Å². The molecule has 1 atom stereocenters. The first-order chi connectivity index (χ1) is 8.25. The molecule has 2 rings (SSSR count). The molecule has 1 heterocycles. The summed E-state index contributed by atoms with van der Waals surface area (Å²) < 4.78 is 0. The zero-order valence-electron chi connectivity index (χ0n) is 10.7. The van der Waals surface area contributed by atoms with Crippen LogP contribution >= 0.6 is 0 Å². The Labute approximate surface area is 104 Å². The van der Waals surface area contributed by atoms with Gasteiger partial charge in [-0.25, -0.2) is 0 Å². The van der Waals surface area contributed by atoms with Crippen LogP contribution < -0.4 is 0 Å². The van der Waals surface area contributed by atoms with Crippen molar-refractivity contribution < 1.29 is 5.11 Å². The van der Waals surface area contributed by atoms with Crippen LogP contribution in [0.5, 0.6) is 0 Å². The highest BCUT2D eigenvalue weighted by atomic mass is 16.3. The Morgan fingerprint density at radius 1 is 1.12 bits per heavy atom. The van der Waals surface area contributed by atoms with E-state index in [1.807, 2.05) is 19.1 Å². The number of piperidine rings is 1. The van der Waals surface area contributed by atoms with Crippen LogP contribution in [0.2, 0.25) is 0 Å². The molecule has 1 aromatic carbocycles. The Balaban J connectivity index is 1.82. The Morgan fingerprint density at radius 2 is 1.76 bits per heavy atom. The Morgan fingerprint density at radius 3 is 2.35 bits per heavy atom. The second-order valence-corrected chi connectivity index (χ2v) is 5.07. The molecule has 1 N–H and O–H groups in total. The summed E-state index contributed by atoms with van der Waals surface area (Å²) >= 11 is 0. The molecule has 0 amide bonds. The van der Waals surface area contributed by atoms with Gasteiger partial charge in [0.05, 0.1) is 6.10 Å². The first-order valence-electron chi connectivity index (χ1n) is 6.75. The highest BCUT2D eigenvalue weighted by Crippen LogP contribution is 2.14. The fraction of sp³-hybridized carbons (Fsp3) is 0.600. The predicted molar refractivity (Wildman–Crippen MR) is 71.1 cm³/mol. The summed E-state index contributed by atoms with van der Waals surface area (Å²) in [6.07, 6.45) is 4.90. The third-order valence-corrected chi connectivity index (χ3v) is 3.63. The first-order valence-corrected chi connectivity index (χ1v) is 6.75. The molecular weight excluding hydrogens is 210 g/mol. The summed E-state index contributed by atoms with van der Waals surface area (Å²) in [5.74, 6) is 0. The van der Waals surface area contributed by atoms with Crippen molar-refractivity contribution in [1.82, 2.24) is 4.90 Å². The molecule has 0 spiro atoms. The monoisotopic (exact) mass is 233 g/mol. The fourth-order valence-electron chi connectivity index (χ4n) is 2.43. The lowest BCUT2D eigenvalue weighted by atomic mass is 10.1. The second-order valence-electron chi connectivity index (χ2n) is 5.07. The molecule has 1 fully saturated rings. The van der Waals surface area contributed by atoms with Crippen molar-refractivity contribution in [2.45, 2.75) is 38.7 Å². The summed E-state index contributed by atoms with van der Waals surface area (Å²) in [7, 11) is 0. The number of nitrogens with zero attached hydrogens (tertiary/aromatic N) is 1. The average molecular weight is 233 g/mol. The van der Waals surface area contributed by atoms with Crippen LogP contribution in [0.4, 0.5) is 0 Å². The topological polar surface area (TPSA) is 23.5 Å². The highest BCUT2D eigenvalue weighted by Gasteiger charge is 2.09. The third kappa shape index (κ3) is 3.83. The molecule has 0 aromatic heterocycles. The maximum absolute atomic E-state index is 9.44. The van der Waals surface area contributed by atoms with Crippen molar-refractivity contribution in [1.29, 1.82) is 0 Å². The second kappa shape index (κ2) is 6.18. The van der Waals surface area contributed by atoms with E-state index < -0.39 is 0 Å². The van der Waals surface area contributed by atoms with E-state index >= 15 is 0 Å². The zero-order valence-corrected chi connectivity index (χ0v) is 10.7. The summed E-state index contributed by atoms with van der Waals surface area (Å²) in [6.45, 7) is 5.52. The summed E-state index contributed by atoms with van der Waals surface area (Å²) in [5.41, 5.74) is 2.38. The maximum Gasteiger partial charge on any atom is 0.0761 e. The summed E-state index contributed by atoms with van der Waals surface area (Å²) in [4.78, 5) is 2.56. The van der Waals surface area contributed by atoms with Gasteiger partial charge in [0.25, 0.3) is 0 Å². The fourth-order valence-corrected chi connectivity index (χ4v) is 2.43. The molecule has 0 bridgehead atoms. The quantitative estimate of drug-likeness (QED) is 0.864. The van der Waals surface area contributed by atoms with Gasteiger partial charge in [-0.3, -0.25) is 0 Å². The summed E-state index contributed by atoms with van der Waals surface area (Å²) in [6, 6.07) is 8.37. The Bertz CT molecular complexity index is 325. The van der Waals surface area contributed by atoms with E-state index in [1.54, 1.807) is 0 Å². The van der Waals surface area contributed by atoms with Gasteiger partial charge >= 0.3 is 0 Å². The van der Waals surface area contributed by atoms with Gasteiger partial charge in [-0.15, -0.1) is 0 Å². The minimum Gasteiger partial charge on any atom is -0.389 e. The van der Waals surface area contributed by atoms with Crippen LogP contribution in [0.15, 0.2) is 24.3 Å². The highest BCUT2D eigenvalue weighted by molar-refractivity contribution is 5.24. The maximum atomic E-state index is 9.44. The van der Waals surface area contributed by atoms with Crippen LogP contribution in [-0.4, -0.2) is 29.6 Å². The average Bonchev–Trinajstić information content (AvgIpc) is 2.38. The van der Waals surface area contributed by atoms with Crippen molar-refractivity contribution in [3.8, 4) is 0 Å². The van der Waals surface area contributed by atoms with Gasteiger partial charge in [0.2, 0.25) is 0 Å². The molecule has 1 aliphatic rings. The molecule has 0 aliphatic carbocycles. The molecule has 1 aliphatic heterocycles. The van der Waals surface area contributed by atoms with E-state index in [4.69, 9.17) is 0 Å². The molecular formula is C15H23NO. The number of aliphatic hydroxyl groups is 1. The van der Waals surface area contributed by atoms with Crippen LogP contribution in [0.25, 0.3) is 0 Å². The molecule has 17 heavy (non-hydrogen) atoms. The van der Waals surface area contributed by atoms with Gasteiger partial charge in [-0.1, -0.05) is 30.7 Å². The van der Waals surface area contributed by atoms with Gasteiger partial charge < -0.3 is 10.0 Å². The van der Waals surface area contributed by atoms with Crippen LogP contribution in [0.1, 0.15) is 43.4 Å². The van der Waals surface area contributed by atoms with Gasteiger partial charge in [0.15, 0.2) is 0 Å². The van der Waals surface area contributed by atoms with Gasteiger partial charge in [-0.2, -0.15) is 0 Å². The molecule has 2 nitrogen and oxygen atoms in total. The third-order valence-electron chi connectivity index (χ3n) is 3.63. The Kier molecular flexibility index (Phi) is 4.57. The number of rotatable bonds is 4. The van der Waals surface area contributed by atoms with Gasteiger partial charge in [0.1, 0.15) is 0 Å². The van der Waals surface area contributed by atoms with Crippen molar-refractivity contribution in [3.05, 3.63) is 35.4 Å². The molecule has 0 saturated carbocycles. The van der Waals surface area contributed by atoms with E-state index in [2.05, 4.69) is 17.0 Å². The molecule has 1 unspecified atom stereocenters. The molecule has 1 aromatic rings. The van der Waals surface area contributed by atoms with Crippen LogP contribution in [0, 0.1) is 0 Å². The minimum atomic E-state index is -0.355. The standard InChI is InChI=1S/C15H23NO/c1-13(17)15-7-5-14(6-8-15)9-12-16-10-3-2-4-11-16/h5-8,13,17H,2-4,9-12H2,1H3. The number of benzene rings is 1. The zero-order chi connectivity index (χ0) is 12.1. The lowest BCUT2D eigenvalue weighted by Crippen LogP contribution is -2.31. The van der Waals surface area contributed by atoms with E-state index in [9.17, 15) is 5.11 Å². The lowest BCUT2D eigenvalue weighted by Gasteiger charge is -2.26. The molecule has 1 saturated heterocycles. The minimum absolute atomic E-state index is 0.355. The number of likely N-dealkylation sites (tertiary alicyclic amines) is 1. The van der Waals surface area contributed by atoms with Crippen molar-refractivity contribution >= 4 is 0 Å². The van der Waals surface area contributed by atoms with E-state index in [1.165, 1.54) is 44.5 Å². The van der Waals surface area contributed by atoms with E-state index in [0.717, 1.165) is 12.0 Å². The first kappa shape index (κ1) is 12.6. The van der Waals surface area contributed by atoms with Crippen molar-refractivity contribution in [3.63, 3.8) is 0 Å². The SMILES string of the molecule is CC(O)c1ccc(CCN2CCCCC2)cc1. The number of hydrogen-bond acceptors (Lipinski definition) is 2. The van der Waals surface area contributed by atoms with E-state index in [-0.39, 0.29) is 6.10 Å². The molecule has 94 valence electrons. The lowest BCUT2D eigenvalue weighted by molar-refractivity contribution is 0.199. The number of hydrogen-bond donors (Lipinski definition) is 1.